The number of hydrogen-bond acceptors (Lipinski definition) is 3. The van der Waals surface area contributed by atoms with E-state index < -0.39 is 0 Å². The summed E-state index contributed by atoms with van der Waals surface area (Å²) >= 11 is 0. The Kier molecular flexibility index (Phi) is 3.65. The fraction of sp³-hybridized carbons (Fsp3) is 0.438. The second kappa shape index (κ2) is 5.08. The monoisotopic (exact) mass is 258 g/mol. The van der Waals surface area contributed by atoms with E-state index in [2.05, 4.69) is 58.0 Å². The number of aryl methyl sites for hydroxylation is 2. The van der Waals surface area contributed by atoms with E-state index in [1.54, 1.807) is 0 Å². The van der Waals surface area contributed by atoms with Crippen molar-refractivity contribution < 1.29 is 4.52 Å². The van der Waals surface area contributed by atoms with E-state index in [9.17, 15) is 0 Å². The number of aromatic nitrogens is 1. The number of nitrogens with two attached hydrogens (primary N) is 1. The van der Waals surface area contributed by atoms with Gasteiger partial charge in [0.2, 0.25) is 5.88 Å². The molecule has 0 aliphatic heterocycles. The topological polar surface area (TPSA) is 52.0 Å². The molecule has 1 atom stereocenters. The van der Waals surface area contributed by atoms with Gasteiger partial charge in [0, 0.05) is 5.92 Å². The average Bonchev–Trinajstić information content (AvgIpc) is 2.73. The molecule has 19 heavy (non-hydrogen) atoms. The molecular weight excluding hydrogens is 236 g/mol. The molecule has 0 bridgehead atoms. The van der Waals surface area contributed by atoms with Crippen LogP contribution in [0.4, 0.5) is 5.88 Å². The lowest BCUT2D eigenvalue weighted by Crippen LogP contribution is -2.04. The Hall–Kier alpha value is -1.77. The first-order valence-corrected chi connectivity index (χ1v) is 6.74. The highest BCUT2D eigenvalue weighted by Crippen LogP contribution is 2.37. The highest BCUT2D eigenvalue weighted by atomic mass is 16.5. The van der Waals surface area contributed by atoms with Crippen molar-refractivity contribution in [2.45, 2.75) is 40.5 Å². The summed E-state index contributed by atoms with van der Waals surface area (Å²) in [5.74, 6) is 1.22. The predicted octanol–water partition coefficient (Wildman–Crippen LogP) is 4.30. The number of nitrogen functional groups attached to an aromatic ring is 1. The van der Waals surface area contributed by atoms with Crippen LogP contribution in [0.25, 0.3) is 11.1 Å². The Balaban J connectivity index is 2.55. The fourth-order valence-corrected chi connectivity index (χ4v) is 2.13. The summed E-state index contributed by atoms with van der Waals surface area (Å²) in [7, 11) is 0. The third-order valence-electron chi connectivity index (χ3n) is 3.97. The van der Waals surface area contributed by atoms with Crippen LogP contribution in [-0.4, -0.2) is 5.16 Å². The first-order valence-electron chi connectivity index (χ1n) is 6.74. The zero-order valence-electron chi connectivity index (χ0n) is 12.3. The molecule has 102 valence electrons. The maximum atomic E-state index is 5.97. The Labute approximate surface area is 114 Å². The van der Waals surface area contributed by atoms with E-state index in [0.717, 1.165) is 16.8 Å². The lowest BCUT2D eigenvalue weighted by Gasteiger charge is -2.14. The van der Waals surface area contributed by atoms with E-state index in [1.165, 1.54) is 11.1 Å². The van der Waals surface area contributed by atoms with Crippen molar-refractivity contribution >= 4 is 5.88 Å². The smallest absolute Gasteiger partial charge is 0.230 e. The van der Waals surface area contributed by atoms with E-state index in [4.69, 9.17) is 10.3 Å². The summed E-state index contributed by atoms with van der Waals surface area (Å²) in [6, 6.07) is 6.34. The highest BCUT2D eigenvalue weighted by molar-refractivity contribution is 5.76. The van der Waals surface area contributed by atoms with E-state index in [0.29, 0.717) is 17.7 Å². The Bertz CT molecular complexity index is 584. The quantitative estimate of drug-likeness (QED) is 0.893. The zero-order valence-corrected chi connectivity index (χ0v) is 12.3. The van der Waals surface area contributed by atoms with Crippen LogP contribution in [-0.2, 0) is 0 Å². The molecule has 2 rings (SSSR count). The van der Waals surface area contributed by atoms with Gasteiger partial charge in [0.15, 0.2) is 0 Å². The van der Waals surface area contributed by atoms with Crippen molar-refractivity contribution in [1.29, 1.82) is 0 Å². The van der Waals surface area contributed by atoms with Gasteiger partial charge in [-0.2, -0.15) is 0 Å². The number of benzene rings is 1. The van der Waals surface area contributed by atoms with Gasteiger partial charge in [-0.05, 0) is 36.5 Å². The van der Waals surface area contributed by atoms with Crippen molar-refractivity contribution in [3.8, 4) is 11.1 Å². The van der Waals surface area contributed by atoms with Crippen LogP contribution in [0.2, 0.25) is 0 Å². The number of anilines is 1. The minimum Gasteiger partial charge on any atom is -0.367 e. The first-order chi connectivity index (χ1) is 8.91. The molecule has 1 aromatic carbocycles. The molecule has 0 aliphatic carbocycles. The molecular formula is C16H22N2O. The van der Waals surface area contributed by atoms with Crippen LogP contribution >= 0.6 is 0 Å². The second-order valence-electron chi connectivity index (χ2n) is 5.64. The SMILES string of the molecule is Cc1ccc(-c2c(C(C)C(C)C)noc2N)cc1C. The molecule has 0 spiro atoms. The molecule has 0 fully saturated rings. The molecule has 2 N–H and O–H groups in total. The molecule has 0 saturated heterocycles. The maximum absolute atomic E-state index is 5.97. The van der Waals surface area contributed by atoms with Crippen molar-refractivity contribution in [3.63, 3.8) is 0 Å². The van der Waals surface area contributed by atoms with Gasteiger partial charge in [0.25, 0.3) is 0 Å². The molecule has 3 heteroatoms. The van der Waals surface area contributed by atoms with Crippen molar-refractivity contribution in [3.05, 3.63) is 35.0 Å². The summed E-state index contributed by atoms with van der Waals surface area (Å²) in [6.45, 7) is 10.7. The summed E-state index contributed by atoms with van der Waals surface area (Å²) < 4.78 is 5.22. The third kappa shape index (κ3) is 2.50. The minimum absolute atomic E-state index is 0.317. The van der Waals surface area contributed by atoms with Gasteiger partial charge in [-0.15, -0.1) is 0 Å². The minimum atomic E-state index is 0.317. The van der Waals surface area contributed by atoms with Gasteiger partial charge in [-0.1, -0.05) is 44.1 Å². The zero-order chi connectivity index (χ0) is 14.2. The summed E-state index contributed by atoms with van der Waals surface area (Å²) in [6.07, 6.45) is 0. The van der Waals surface area contributed by atoms with Crippen molar-refractivity contribution in [1.82, 2.24) is 5.16 Å². The largest absolute Gasteiger partial charge is 0.367 e. The molecule has 1 unspecified atom stereocenters. The standard InChI is InChI=1S/C16H22N2O/c1-9(2)12(5)15-14(16(17)19-18-15)13-7-6-10(3)11(4)8-13/h6-9,12H,17H2,1-5H3. The molecule has 0 radical (unpaired) electrons. The van der Waals surface area contributed by atoms with Crippen LogP contribution in [0.1, 0.15) is 43.5 Å². The average molecular weight is 258 g/mol. The molecule has 0 amide bonds. The lowest BCUT2D eigenvalue weighted by atomic mass is 9.89. The molecule has 3 nitrogen and oxygen atoms in total. The van der Waals surface area contributed by atoms with Crippen molar-refractivity contribution in [2.24, 2.45) is 5.92 Å². The lowest BCUT2D eigenvalue weighted by molar-refractivity contribution is 0.407. The predicted molar refractivity (Wildman–Crippen MR) is 79.1 cm³/mol. The molecule has 0 aliphatic rings. The van der Waals surface area contributed by atoms with E-state index >= 15 is 0 Å². The van der Waals surface area contributed by atoms with Crippen molar-refractivity contribution in [2.75, 3.05) is 5.73 Å². The molecule has 2 aromatic rings. The van der Waals surface area contributed by atoms with Gasteiger partial charge >= 0.3 is 0 Å². The van der Waals surface area contributed by atoms with E-state index in [1.807, 2.05) is 0 Å². The van der Waals surface area contributed by atoms with Gasteiger partial charge < -0.3 is 10.3 Å². The van der Waals surface area contributed by atoms with Gasteiger partial charge in [0.1, 0.15) is 0 Å². The van der Waals surface area contributed by atoms with Gasteiger partial charge in [0.05, 0.1) is 11.3 Å². The van der Waals surface area contributed by atoms with Crippen LogP contribution in [0.15, 0.2) is 22.7 Å². The summed E-state index contributed by atoms with van der Waals surface area (Å²) in [5.41, 5.74) is 11.5. The number of hydrogen-bond donors (Lipinski definition) is 1. The van der Waals surface area contributed by atoms with Gasteiger partial charge in [-0.25, -0.2) is 0 Å². The molecule has 1 aromatic heterocycles. The van der Waals surface area contributed by atoms with Crippen LogP contribution in [0.5, 0.6) is 0 Å². The highest BCUT2D eigenvalue weighted by Gasteiger charge is 2.22. The summed E-state index contributed by atoms with van der Waals surface area (Å²) in [4.78, 5) is 0. The van der Waals surface area contributed by atoms with E-state index in [-0.39, 0.29) is 0 Å². The van der Waals surface area contributed by atoms with Gasteiger partial charge in [-0.3, -0.25) is 0 Å². The van der Waals surface area contributed by atoms with Crippen LogP contribution < -0.4 is 5.73 Å². The molecule has 1 heterocycles. The maximum Gasteiger partial charge on any atom is 0.230 e. The fourth-order valence-electron chi connectivity index (χ4n) is 2.13. The Morgan fingerprint density at radius 1 is 1.11 bits per heavy atom. The normalized spacial score (nSPS) is 12.9. The Morgan fingerprint density at radius 2 is 1.79 bits per heavy atom. The second-order valence-corrected chi connectivity index (χ2v) is 5.64. The Morgan fingerprint density at radius 3 is 2.37 bits per heavy atom. The number of rotatable bonds is 3. The van der Waals surface area contributed by atoms with Crippen LogP contribution in [0, 0.1) is 19.8 Å². The summed E-state index contributed by atoms with van der Waals surface area (Å²) in [5, 5.41) is 4.17. The van der Waals surface area contributed by atoms with Crippen LogP contribution in [0.3, 0.4) is 0 Å². The number of nitrogens with zero attached hydrogens (tertiary/aromatic N) is 1. The third-order valence-corrected chi connectivity index (χ3v) is 3.97. The molecule has 0 saturated carbocycles. The first kappa shape index (κ1) is 13.7.